The van der Waals surface area contributed by atoms with Crippen molar-refractivity contribution in [3.63, 3.8) is 0 Å². The second kappa shape index (κ2) is 9.74. The summed E-state index contributed by atoms with van der Waals surface area (Å²) in [5, 5.41) is 3.05. The molecule has 0 atom stereocenters. The summed E-state index contributed by atoms with van der Waals surface area (Å²) in [5.41, 5.74) is 2.65. The quantitative estimate of drug-likeness (QED) is 0.810. The predicted octanol–water partition coefficient (Wildman–Crippen LogP) is 3.56. The minimum absolute atomic E-state index is 0.0707. The molecule has 29 heavy (non-hydrogen) atoms. The average Bonchev–Trinajstić information content (AvgIpc) is 2.79. The number of carbonyl (C=O) groups is 1. The number of hydrogen-bond acceptors (Lipinski definition) is 5. The molecule has 1 aliphatic heterocycles. The lowest BCUT2D eigenvalue weighted by Gasteiger charge is -2.30. The van der Waals surface area contributed by atoms with Crippen LogP contribution in [-0.4, -0.2) is 43.3 Å². The molecular formula is C23H29N3O3. The highest BCUT2D eigenvalue weighted by Crippen LogP contribution is 2.23. The number of benzene rings is 1. The zero-order valence-electron chi connectivity index (χ0n) is 16.8. The van der Waals surface area contributed by atoms with Crippen molar-refractivity contribution in [2.24, 2.45) is 0 Å². The van der Waals surface area contributed by atoms with E-state index in [1.165, 1.54) is 19.3 Å². The SMILES string of the molecule is O=C(NCc1ccnc(OC2CCCCC2)c1)c1ccccc1N1CCOCC1. The van der Waals surface area contributed by atoms with Crippen LogP contribution in [0.2, 0.25) is 0 Å². The number of carbonyl (C=O) groups excluding carboxylic acids is 1. The van der Waals surface area contributed by atoms with Gasteiger partial charge in [-0.15, -0.1) is 0 Å². The van der Waals surface area contributed by atoms with Gasteiger partial charge in [0.05, 0.1) is 18.8 Å². The normalized spacial score (nSPS) is 17.7. The second-order valence-electron chi connectivity index (χ2n) is 7.68. The molecule has 0 bridgehead atoms. The van der Waals surface area contributed by atoms with Crippen molar-refractivity contribution >= 4 is 11.6 Å². The number of rotatable bonds is 6. The minimum atomic E-state index is -0.0707. The Morgan fingerprint density at radius 2 is 1.93 bits per heavy atom. The van der Waals surface area contributed by atoms with Crippen LogP contribution < -0.4 is 15.0 Å². The van der Waals surface area contributed by atoms with E-state index >= 15 is 0 Å². The number of anilines is 1. The summed E-state index contributed by atoms with van der Waals surface area (Å²) in [6.07, 6.45) is 7.96. The Balaban J connectivity index is 1.38. The third-order valence-electron chi connectivity index (χ3n) is 5.59. The van der Waals surface area contributed by atoms with Gasteiger partial charge in [-0.2, -0.15) is 0 Å². The monoisotopic (exact) mass is 395 g/mol. The van der Waals surface area contributed by atoms with E-state index in [0.717, 1.165) is 37.2 Å². The van der Waals surface area contributed by atoms with Gasteiger partial charge < -0.3 is 19.7 Å². The highest BCUT2D eigenvalue weighted by Gasteiger charge is 2.19. The molecule has 4 rings (SSSR count). The van der Waals surface area contributed by atoms with E-state index in [1.807, 2.05) is 36.4 Å². The first-order valence-electron chi connectivity index (χ1n) is 10.6. The molecule has 1 N–H and O–H groups in total. The zero-order valence-corrected chi connectivity index (χ0v) is 16.8. The van der Waals surface area contributed by atoms with Gasteiger partial charge in [0, 0.05) is 37.6 Å². The minimum Gasteiger partial charge on any atom is -0.474 e. The van der Waals surface area contributed by atoms with Gasteiger partial charge in [0.1, 0.15) is 6.10 Å². The average molecular weight is 396 g/mol. The predicted molar refractivity (Wildman–Crippen MR) is 112 cm³/mol. The number of pyridine rings is 1. The second-order valence-corrected chi connectivity index (χ2v) is 7.68. The Morgan fingerprint density at radius 1 is 1.14 bits per heavy atom. The molecule has 1 saturated heterocycles. The summed E-state index contributed by atoms with van der Waals surface area (Å²) in [4.78, 5) is 19.4. The van der Waals surface area contributed by atoms with Crippen molar-refractivity contribution < 1.29 is 14.3 Å². The number of nitrogens with one attached hydrogen (secondary N) is 1. The van der Waals surface area contributed by atoms with Crippen LogP contribution in [0.3, 0.4) is 0 Å². The van der Waals surface area contributed by atoms with E-state index in [4.69, 9.17) is 9.47 Å². The van der Waals surface area contributed by atoms with Gasteiger partial charge in [0.25, 0.3) is 5.91 Å². The maximum Gasteiger partial charge on any atom is 0.253 e. The van der Waals surface area contributed by atoms with Gasteiger partial charge in [-0.3, -0.25) is 4.79 Å². The highest BCUT2D eigenvalue weighted by molar-refractivity contribution is 5.99. The molecule has 6 nitrogen and oxygen atoms in total. The number of nitrogens with zero attached hydrogens (tertiary/aromatic N) is 2. The van der Waals surface area contributed by atoms with Crippen LogP contribution in [0.25, 0.3) is 0 Å². The first-order chi connectivity index (χ1) is 14.3. The maximum absolute atomic E-state index is 12.9. The van der Waals surface area contributed by atoms with E-state index in [9.17, 15) is 4.79 Å². The van der Waals surface area contributed by atoms with Crippen LogP contribution in [0, 0.1) is 0 Å². The molecule has 2 fully saturated rings. The molecule has 6 heteroatoms. The Hall–Kier alpha value is -2.60. The van der Waals surface area contributed by atoms with Crippen molar-refractivity contribution in [1.29, 1.82) is 0 Å². The number of morpholine rings is 1. The third kappa shape index (κ3) is 5.26. The van der Waals surface area contributed by atoms with Crippen molar-refractivity contribution in [2.45, 2.75) is 44.8 Å². The molecule has 0 radical (unpaired) electrons. The molecule has 1 aromatic carbocycles. The lowest BCUT2D eigenvalue weighted by molar-refractivity contribution is 0.0949. The number of aromatic nitrogens is 1. The number of para-hydroxylation sites is 1. The summed E-state index contributed by atoms with van der Waals surface area (Å²) in [6.45, 7) is 3.43. The van der Waals surface area contributed by atoms with Crippen molar-refractivity contribution in [2.75, 3.05) is 31.2 Å². The molecular weight excluding hydrogens is 366 g/mol. The molecule has 154 valence electrons. The highest BCUT2D eigenvalue weighted by atomic mass is 16.5. The summed E-state index contributed by atoms with van der Waals surface area (Å²) in [6, 6.07) is 11.6. The topological polar surface area (TPSA) is 63.7 Å². The summed E-state index contributed by atoms with van der Waals surface area (Å²) in [5.74, 6) is 0.580. The van der Waals surface area contributed by atoms with Gasteiger partial charge in [-0.1, -0.05) is 18.6 Å². The fourth-order valence-corrected chi connectivity index (χ4v) is 4.00. The molecule has 2 aliphatic rings. The van der Waals surface area contributed by atoms with Crippen LogP contribution in [0.15, 0.2) is 42.6 Å². The molecule has 1 saturated carbocycles. The third-order valence-corrected chi connectivity index (χ3v) is 5.59. The Kier molecular flexibility index (Phi) is 6.62. The van der Waals surface area contributed by atoms with E-state index in [-0.39, 0.29) is 12.0 Å². The van der Waals surface area contributed by atoms with Crippen molar-refractivity contribution in [1.82, 2.24) is 10.3 Å². The molecule has 0 spiro atoms. The van der Waals surface area contributed by atoms with Crippen molar-refractivity contribution in [3.8, 4) is 5.88 Å². The van der Waals surface area contributed by atoms with E-state index in [0.29, 0.717) is 31.2 Å². The lowest BCUT2D eigenvalue weighted by Crippen LogP contribution is -2.37. The number of amides is 1. The fraction of sp³-hybridized carbons (Fsp3) is 0.478. The van der Waals surface area contributed by atoms with Gasteiger partial charge in [0.15, 0.2) is 0 Å². The van der Waals surface area contributed by atoms with Crippen LogP contribution in [0.5, 0.6) is 5.88 Å². The van der Waals surface area contributed by atoms with Gasteiger partial charge in [-0.05, 0) is 49.4 Å². The summed E-state index contributed by atoms with van der Waals surface area (Å²) < 4.78 is 11.5. The van der Waals surface area contributed by atoms with Gasteiger partial charge in [-0.25, -0.2) is 4.98 Å². The van der Waals surface area contributed by atoms with Gasteiger partial charge >= 0.3 is 0 Å². The molecule has 2 aromatic rings. The van der Waals surface area contributed by atoms with Crippen molar-refractivity contribution in [3.05, 3.63) is 53.7 Å². The molecule has 1 aromatic heterocycles. The Bertz CT molecular complexity index is 815. The molecule has 2 heterocycles. The molecule has 1 amide bonds. The zero-order chi connectivity index (χ0) is 19.9. The summed E-state index contributed by atoms with van der Waals surface area (Å²) in [7, 11) is 0. The lowest BCUT2D eigenvalue weighted by atomic mass is 9.98. The largest absolute Gasteiger partial charge is 0.474 e. The Labute approximate surface area is 172 Å². The number of ether oxygens (including phenoxy) is 2. The standard InChI is InChI=1S/C23H29N3O3/c27-23(20-8-4-5-9-21(20)26-12-14-28-15-13-26)25-17-18-10-11-24-22(16-18)29-19-6-2-1-3-7-19/h4-5,8-11,16,19H,1-3,6-7,12-15,17H2,(H,25,27). The first kappa shape index (κ1) is 19.7. The van der Waals surface area contributed by atoms with Crippen LogP contribution in [0.4, 0.5) is 5.69 Å². The van der Waals surface area contributed by atoms with Crippen LogP contribution >= 0.6 is 0 Å². The van der Waals surface area contributed by atoms with Gasteiger partial charge in [0.2, 0.25) is 5.88 Å². The fourth-order valence-electron chi connectivity index (χ4n) is 4.00. The first-order valence-corrected chi connectivity index (χ1v) is 10.6. The molecule has 1 aliphatic carbocycles. The van der Waals surface area contributed by atoms with E-state index < -0.39 is 0 Å². The molecule has 0 unspecified atom stereocenters. The van der Waals surface area contributed by atoms with Crippen LogP contribution in [-0.2, 0) is 11.3 Å². The summed E-state index contributed by atoms with van der Waals surface area (Å²) >= 11 is 0. The van der Waals surface area contributed by atoms with E-state index in [1.54, 1.807) is 6.20 Å². The number of hydrogen-bond donors (Lipinski definition) is 1. The van der Waals surface area contributed by atoms with Crippen LogP contribution in [0.1, 0.15) is 48.0 Å². The van der Waals surface area contributed by atoms with E-state index in [2.05, 4.69) is 15.2 Å². The maximum atomic E-state index is 12.9. The Morgan fingerprint density at radius 3 is 2.76 bits per heavy atom. The smallest absolute Gasteiger partial charge is 0.253 e.